The summed E-state index contributed by atoms with van der Waals surface area (Å²) < 4.78 is 25.0. The lowest BCUT2D eigenvalue weighted by atomic mass is 10.00. The van der Waals surface area contributed by atoms with Gasteiger partial charge in [0.05, 0.1) is 30.4 Å². The van der Waals surface area contributed by atoms with Crippen LogP contribution in [0.5, 0.6) is 11.5 Å². The Labute approximate surface area is 155 Å². The Morgan fingerprint density at radius 2 is 2.11 bits per heavy atom. The molecule has 142 valence electrons. The average Bonchev–Trinajstić information content (AvgIpc) is 2.67. The molecule has 0 spiro atoms. The predicted octanol–water partition coefficient (Wildman–Crippen LogP) is 3.73. The molecule has 8 heteroatoms. The number of amides is 1. The molecule has 1 amide bonds. The SMILES string of the molecule is CCOc1cc(C(=O)N2CCCc3cccc(F)c32)c([N+](=O)[O-])cc1OC. The molecule has 0 unspecified atom stereocenters. The number of halogens is 1. The Bertz CT molecular complexity index is 900. The van der Waals surface area contributed by atoms with Gasteiger partial charge in [0.15, 0.2) is 11.5 Å². The summed E-state index contributed by atoms with van der Waals surface area (Å²) in [6.07, 6.45) is 1.29. The summed E-state index contributed by atoms with van der Waals surface area (Å²) in [4.78, 5) is 25.3. The second-order valence-corrected chi connectivity index (χ2v) is 6.02. The number of hydrogen-bond donors (Lipinski definition) is 0. The Balaban J connectivity index is 2.13. The zero-order valence-corrected chi connectivity index (χ0v) is 15.0. The molecule has 0 atom stereocenters. The number of nitro benzene ring substituents is 1. The van der Waals surface area contributed by atoms with E-state index >= 15 is 0 Å². The van der Waals surface area contributed by atoms with Crippen molar-refractivity contribution in [2.75, 3.05) is 25.2 Å². The molecule has 0 aromatic heterocycles. The van der Waals surface area contributed by atoms with Gasteiger partial charge in [-0.15, -0.1) is 0 Å². The topological polar surface area (TPSA) is 81.9 Å². The van der Waals surface area contributed by atoms with Gasteiger partial charge in [-0.3, -0.25) is 14.9 Å². The average molecular weight is 374 g/mol. The van der Waals surface area contributed by atoms with Crippen LogP contribution >= 0.6 is 0 Å². The van der Waals surface area contributed by atoms with E-state index in [9.17, 15) is 19.3 Å². The van der Waals surface area contributed by atoms with E-state index in [4.69, 9.17) is 9.47 Å². The minimum atomic E-state index is -0.655. The van der Waals surface area contributed by atoms with Gasteiger partial charge in [0.1, 0.15) is 11.4 Å². The molecule has 0 saturated heterocycles. The largest absolute Gasteiger partial charge is 0.493 e. The highest BCUT2D eigenvalue weighted by Crippen LogP contribution is 2.37. The third-order valence-corrected chi connectivity index (χ3v) is 4.42. The van der Waals surface area contributed by atoms with Crippen LogP contribution in [0, 0.1) is 15.9 Å². The number of nitrogens with zero attached hydrogens (tertiary/aromatic N) is 2. The number of carbonyl (C=O) groups excluding carboxylic acids is 1. The molecule has 0 radical (unpaired) electrons. The summed E-state index contributed by atoms with van der Waals surface area (Å²) in [6.45, 7) is 2.32. The molecule has 0 fully saturated rings. The Morgan fingerprint density at radius 1 is 1.33 bits per heavy atom. The maximum Gasteiger partial charge on any atom is 0.286 e. The van der Waals surface area contributed by atoms with Crippen LogP contribution in [0.25, 0.3) is 0 Å². The van der Waals surface area contributed by atoms with Crippen LogP contribution in [0.4, 0.5) is 15.8 Å². The van der Waals surface area contributed by atoms with Crippen molar-refractivity contribution in [3.63, 3.8) is 0 Å². The lowest BCUT2D eigenvalue weighted by Crippen LogP contribution is -2.36. The normalized spacial score (nSPS) is 13.1. The van der Waals surface area contributed by atoms with E-state index in [1.54, 1.807) is 19.1 Å². The molecule has 0 N–H and O–H groups in total. The second-order valence-electron chi connectivity index (χ2n) is 6.02. The van der Waals surface area contributed by atoms with Crippen LogP contribution in [0.3, 0.4) is 0 Å². The number of nitro groups is 1. The number of anilines is 1. The Morgan fingerprint density at radius 3 is 2.78 bits per heavy atom. The van der Waals surface area contributed by atoms with Crippen LogP contribution in [0.15, 0.2) is 30.3 Å². The zero-order chi connectivity index (χ0) is 19.6. The van der Waals surface area contributed by atoms with E-state index in [0.29, 0.717) is 25.0 Å². The molecule has 2 aromatic rings. The predicted molar refractivity (Wildman–Crippen MR) is 97.2 cm³/mol. The third kappa shape index (κ3) is 3.42. The first-order chi connectivity index (χ1) is 13.0. The second kappa shape index (κ2) is 7.61. The fourth-order valence-electron chi connectivity index (χ4n) is 3.25. The molecule has 7 nitrogen and oxygen atoms in total. The van der Waals surface area contributed by atoms with Gasteiger partial charge >= 0.3 is 0 Å². The Hall–Kier alpha value is -3.16. The lowest BCUT2D eigenvalue weighted by molar-refractivity contribution is -0.385. The smallest absolute Gasteiger partial charge is 0.286 e. The van der Waals surface area contributed by atoms with E-state index in [1.807, 2.05) is 0 Å². The van der Waals surface area contributed by atoms with Gasteiger partial charge in [0.2, 0.25) is 0 Å². The van der Waals surface area contributed by atoms with Crippen molar-refractivity contribution >= 4 is 17.3 Å². The van der Waals surface area contributed by atoms with E-state index in [1.165, 1.54) is 24.1 Å². The van der Waals surface area contributed by atoms with Gasteiger partial charge in [-0.05, 0) is 31.4 Å². The van der Waals surface area contributed by atoms with Crippen molar-refractivity contribution in [3.05, 3.63) is 57.4 Å². The number of rotatable bonds is 5. The molecule has 3 rings (SSSR count). The van der Waals surface area contributed by atoms with Crippen LogP contribution in [-0.2, 0) is 6.42 Å². The number of aryl methyl sites for hydroxylation is 1. The minimum Gasteiger partial charge on any atom is -0.493 e. The van der Waals surface area contributed by atoms with Gasteiger partial charge in [-0.2, -0.15) is 0 Å². The van der Waals surface area contributed by atoms with E-state index in [2.05, 4.69) is 0 Å². The first-order valence-electron chi connectivity index (χ1n) is 8.56. The van der Waals surface area contributed by atoms with E-state index in [0.717, 1.165) is 6.07 Å². The molecule has 2 aromatic carbocycles. The number of methoxy groups -OCH3 is 1. The highest BCUT2D eigenvalue weighted by Gasteiger charge is 2.32. The molecule has 27 heavy (non-hydrogen) atoms. The van der Waals surface area contributed by atoms with Gasteiger partial charge in [-0.1, -0.05) is 12.1 Å². The number of para-hydroxylation sites is 1. The maximum atomic E-state index is 14.4. The van der Waals surface area contributed by atoms with Crippen molar-refractivity contribution < 1.29 is 23.6 Å². The summed E-state index contributed by atoms with van der Waals surface area (Å²) in [5.41, 5.74) is 0.303. The van der Waals surface area contributed by atoms with E-state index in [-0.39, 0.29) is 29.3 Å². The van der Waals surface area contributed by atoms with Crippen LogP contribution in [-0.4, -0.2) is 31.1 Å². The highest BCUT2D eigenvalue weighted by molar-refractivity contribution is 6.09. The number of fused-ring (bicyclic) bond motifs is 1. The molecule has 1 heterocycles. The van der Waals surface area contributed by atoms with Crippen LogP contribution in [0.1, 0.15) is 29.3 Å². The molecule has 0 bridgehead atoms. The van der Waals surface area contributed by atoms with Crippen molar-refractivity contribution in [2.24, 2.45) is 0 Å². The summed E-state index contributed by atoms with van der Waals surface area (Å²) in [5, 5.41) is 11.5. The van der Waals surface area contributed by atoms with Gasteiger partial charge in [0.25, 0.3) is 11.6 Å². The van der Waals surface area contributed by atoms with E-state index < -0.39 is 22.3 Å². The molecular weight excluding hydrogens is 355 g/mol. The molecule has 0 saturated carbocycles. The van der Waals surface area contributed by atoms with Crippen LogP contribution < -0.4 is 14.4 Å². The zero-order valence-electron chi connectivity index (χ0n) is 15.0. The number of benzene rings is 2. The summed E-state index contributed by atoms with van der Waals surface area (Å²) in [7, 11) is 1.36. The van der Waals surface area contributed by atoms with Crippen molar-refractivity contribution in [1.29, 1.82) is 0 Å². The molecular formula is C19H19FN2O5. The van der Waals surface area contributed by atoms with Gasteiger partial charge < -0.3 is 14.4 Å². The number of hydrogen-bond acceptors (Lipinski definition) is 5. The molecule has 1 aliphatic heterocycles. The third-order valence-electron chi connectivity index (χ3n) is 4.42. The Kier molecular flexibility index (Phi) is 5.25. The lowest BCUT2D eigenvalue weighted by Gasteiger charge is -2.30. The first kappa shape index (κ1) is 18.6. The molecule has 0 aliphatic carbocycles. The number of ether oxygens (including phenoxy) is 2. The summed E-state index contributed by atoms with van der Waals surface area (Å²) in [5.74, 6) is -0.789. The quantitative estimate of drug-likeness (QED) is 0.588. The minimum absolute atomic E-state index is 0.158. The first-order valence-corrected chi connectivity index (χ1v) is 8.56. The summed E-state index contributed by atoms with van der Waals surface area (Å²) >= 11 is 0. The maximum absolute atomic E-state index is 14.4. The van der Waals surface area contributed by atoms with Gasteiger partial charge in [-0.25, -0.2) is 4.39 Å². The van der Waals surface area contributed by atoms with Crippen molar-refractivity contribution in [2.45, 2.75) is 19.8 Å². The monoisotopic (exact) mass is 374 g/mol. The fraction of sp³-hybridized carbons (Fsp3) is 0.316. The highest BCUT2D eigenvalue weighted by atomic mass is 19.1. The van der Waals surface area contributed by atoms with Crippen molar-refractivity contribution in [1.82, 2.24) is 0 Å². The number of carbonyl (C=O) groups is 1. The molecule has 1 aliphatic rings. The van der Waals surface area contributed by atoms with Crippen molar-refractivity contribution in [3.8, 4) is 11.5 Å². The fourth-order valence-corrected chi connectivity index (χ4v) is 3.25. The summed E-state index contributed by atoms with van der Waals surface area (Å²) in [6, 6.07) is 7.07. The van der Waals surface area contributed by atoms with Crippen LogP contribution in [0.2, 0.25) is 0 Å². The standard InChI is InChI=1S/C19H19FN2O5/c1-3-27-17-10-13(15(22(24)25)11-16(17)26-2)19(23)21-9-5-7-12-6-4-8-14(20)18(12)21/h4,6,8,10-11H,3,5,7,9H2,1-2H3. The van der Waals surface area contributed by atoms with Gasteiger partial charge in [0, 0.05) is 12.6 Å².